The van der Waals surface area contributed by atoms with Crippen molar-refractivity contribution in [2.75, 3.05) is 19.6 Å². The smallest absolute Gasteiger partial charge is 0.320 e. The van der Waals surface area contributed by atoms with Gasteiger partial charge >= 0.3 is 6.03 Å². The Bertz CT molecular complexity index is 600. The molecule has 2 atom stereocenters. The number of likely N-dealkylation sites (tertiary alicyclic amines) is 3. The Morgan fingerprint density at radius 1 is 1.13 bits per heavy atom. The van der Waals surface area contributed by atoms with Crippen LogP contribution in [-0.2, 0) is 11.3 Å². The minimum absolute atomic E-state index is 0.0532. The van der Waals surface area contributed by atoms with Gasteiger partial charge in [-0.25, -0.2) is 4.79 Å². The predicted molar refractivity (Wildman–Crippen MR) is 84.5 cm³/mol. The maximum Gasteiger partial charge on any atom is 0.320 e. The first-order chi connectivity index (χ1) is 11.2. The van der Waals surface area contributed by atoms with Gasteiger partial charge in [-0.2, -0.15) is 0 Å². The highest BCUT2D eigenvalue weighted by Gasteiger charge is 2.49. The van der Waals surface area contributed by atoms with Gasteiger partial charge in [0.05, 0.1) is 12.1 Å². The van der Waals surface area contributed by atoms with Crippen molar-refractivity contribution in [3.63, 3.8) is 0 Å². The summed E-state index contributed by atoms with van der Waals surface area (Å²) in [4.78, 5) is 35.0. The molecule has 0 unspecified atom stereocenters. The first-order valence-electron chi connectivity index (χ1n) is 8.48. The van der Waals surface area contributed by atoms with E-state index in [0.29, 0.717) is 13.0 Å². The van der Waals surface area contributed by atoms with Crippen LogP contribution in [0.25, 0.3) is 0 Å². The molecule has 0 aliphatic carbocycles. The maximum atomic E-state index is 12.7. The molecule has 0 saturated carbocycles. The summed E-state index contributed by atoms with van der Waals surface area (Å²) < 4.78 is 0. The highest BCUT2D eigenvalue weighted by Crippen LogP contribution is 2.34. The summed E-state index contributed by atoms with van der Waals surface area (Å²) in [5.74, 6) is 0.163. The van der Waals surface area contributed by atoms with Gasteiger partial charge < -0.3 is 14.7 Å². The lowest BCUT2D eigenvalue weighted by Crippen LogP contribution is -2.45. The maximum absolute atomic E-state index is 12.7. The van der Waals surface area contributed by atoms with E-state index in [1.165, 1.54) is 0 Å². The van der Waals surface area contributed by atoms with Crippen molar-refractivity contribution in [3.05, 3.63) is 30.1 Å². The van der Waals surface area contributed by atoms with Gasteiger partial charge in [-0.15, -0.1) is 0 Å². The van der Waals surface area contributed by atoms with Gasteiger partial charge in [0.2, 0.25) is 5.91 Å². The van der Waals surface area contributed by atoms with Crippen molar-refractivity contribution in [2.24, 2.45) is 0 Å². The molecular weight excluding hydrogens is 292 g/mol. The van der Waals surface area contributed by atoms with Crippen LogP contribution in [0.3, 0.4) is 0 Å². The fourth-order valence-corrected chi connectivity index (χ4v) is 4.15. The van der Waals surface area contributed by atoms with Gasteiger partial charge in [0.1, 0.15) is 0 Å². The zero-order chi connectivity index (χ0) is 15.8. The van der Waals surface area contributed by atoms with E-state index in [0.717, 1.165) is 44.5 Å². The van der Waals surface area contributed by atoms with Crippen LogP contribution in [0.2, 0.25) is 0 Å². The molecule has 4 rings (SSSR count). The van der Waals surface area contributed by atoms with Gasteiger partial charge in [-0.3, -0.25) is 9.78 Å². The van der Waals surface area contributed by atoms with Crippen LogP contribution in [-0.4, -0.2) is 63.3 Å². The summed E-state index contributed by atoms with van der Waals surface area (Å²) >= 11 is 0. The van der Waals surface area contributed by atoms with Crippen molar-refractivity contribution in [1.82, 2.24) is 19.7 Å². The van der Waals surface area contributed by atoms with E-state index in [9.17, 15) is 9.59 Å². The second-order valence-electron chi connectivity index (χ2n) is 6.67. The average molecular weight is 314 g/mol. The number of pyridine rings is 1. The zero-order valence-corrected chi connectivity index (χ0v) is 13.2. The van der Waals surface area contributed by atoms with Crippen molar-refractivity contribution < 1.29 is 9.59 Å². The molecule has 0 spiro atoms. The third kappa shape index (κ3) is 2.56. The second-order valence-corrected chi connectivity index (χ2v) is 6.67. The Balaban J connectivity index is 1.47. The van der Waals surface area contributed by atoms with Crippen LogP contribution in [0.1, 0.15) is 31.2 Å². The van der Waals surface area contributed by atoms with E-state index in [2.05, 4.69) is 4.98 Å². The molecule has 1 aromatic rings. The lowest BCUT2D eigenvalue weighted by atomic mass is 10.1. The Hall–Kier alpha value is -2.11. The highest BCUT2D eigenvalue weighted by molar-refractivity contribution is 5.83. The minimum Gasteiger partial charge on any atom is -0.333 e. The van der Waals surface area contributed by atoms with Crippen LogP contribution in [0.4, 0.5) is 4.79 Å². The summed E-state index contributed by atoms with van der Waals surface area (Å²) in [6.45, 7) is 3.11. The third-order valence-electron chi connectivity index (χ3n) is 5.34. The number of fused-ring (bicyclic) bond motifs is 1. The first kappa shape index (κ1) is 14.5. The number of carbonyl (C=O) groups is 2. The summed E-state index contributed by atoms with van der Waals surface area (Å²) in [7, 11) is 0. The molecule has 3 amide bonds. The van der Waals surface area contributed by atoms with Gasteiger partial charge in [0, 0.05) is 45.0 Å². The molecule has 6 nitrogen and oxygen atoms in total. The van der Waals surface area contributed by atoms with Crippen LogP contribution in [0.15, 0.2) is 24.5 Å². The largest absolute Gasteiger partial charge is 0.333 e. The molecule has 3 aliphatic rings. The van der Waals surface area contributed by atoms with Crippen molar-refractivity contribution in [3.8, 4) is 0 Å². The number of urea groups is 1. The molecule has 23 heavy (non-hydrogen) atoms. The fourth-order valence-electron chi connectivity index (χ4n) is 4.15. The highest BCUT2D eigenvalue weighted by atomic mass is 16.2. The van der Waals surface area contributed by atoms with Crippen molar-refractivity contribution in [1.29, 1.82) is 0 Å². The molecule has 3 saturated heterocycles. The molecule has 0 N–H and O–H groups in total. The van der Waals surface area contributed by atoms with Crippen LogP contribution in [0, 0.1) is 0 Å². The molecule has 6 heteroatoms. The Morgan fingerprint density at radius 3 is 2.61 bits per heavy atom. The summed E-state index contributed by atoms with van der Waals surface area (Å²) in [5, 5.41) is 0. The molecule has 3 fully saturated rings. The van der Waals surface area contributed by atoms with Crippen LogP contribution >= 0.6 is 0 Å². The number of hydrogen-bond donors (Lipinski definition) is 0. The number of hydrogen-bond acceptors (Lipinski definition) is 3. The molecule has 4 heterocycles. The van der Waals surface area contributed by atoms with Crippen molar-refractivity contribution >= 4 is 11.9 Å². The standard InChI is InChI=1S/C17H22N4O2/c22-16-11-15-14(21(16)12-13-3-6-18-7-4-13)5-10-20(15)17(23)19-8-1-2-9-19/h3-4,6-7,14-15H,1-2,5,8-12H2/t14-,15+/m1/s1. The SMILES string of the molecule is O=C1C[C@H]2[C@@H](CCN2C(=O)N2CCCC2)N1Cc1ccncc1. The Labute approximate surface area is 136 Å². The number of amides is 3. The summed E-state index contributed by atoms with van der Waals surface area (Å²) in [6, 6.07) is 4.25. The van der Waals surface area contributed by atoms with Crippen molar-refractivity contribution in [2.45, 2.75) is 44.3 Å². The molecule has 1 aromatic heterocycles. The quantitative estimate of drug-likeness (QED) is 0.831. The van der Waals surface area contributed by atoms with E-state index in [-0.39, 0.29) is 24.0 Å². The van der Waals surface area contributed by atoms with E-state index in [1.54, 1.807) is 12.4 Å². The zero-order valence-electron chi connectivity index (χ0n) is 13.2. The summed E-state index contributed by atoms with van der Waals surface area (Å²) in [5.41, 5.74) is 1.10. The van der Waals surface area contributed by atoms with Gasteiger partial charge in [-0.1, -0.05) is 0 Å². The summed E-state index contributed by atoms with van der Waals surface area (Å²) in [6.07, 6.45) is 7.06. The lowest BCUT2D eigenvalue weighted by molar-refractivity contribution is -0.129. The molecule has 0 bridgehead atoms. The molecule has 0 radical (unpaired) electrons. The number of rotatable bonds is 2. The van der Waals surface area contributed by atoms with E-state index < -0.39 is 0 Å². The fraction of sp³-hybridized carbons (Fsp3) is 0.588. The Kier molecular flexibility index (Phi) is 3.67. The third-order valence-corrected chi connectivity index (χ3v) is 5.34. The first-order valence-corrected chi connectivity index (χ1v) is 8.48. The predicted octanol–water partition coefficient (Wildman–Crippen LogP) is 1.47. The number of carbonyl (C=O) groups excluding carboxylic acids is 2. The van der Waals surface area contributed by atoms with E-state index in [4.69, 9.17) is 0 Å². The minimum atomic E-state index is 0.0532. The van der Waals surface area contributed by atoms with Gasteiger partial charge in [-0.05, 0) is 37.0 Å². The van der Waals surface area contributed by atoms with E-state index in [1.807, 2.05) is 26.8 Å². The molecule has 122 valence electrons. The topological polar surface area (TPSA) is 56.8 Å². The normalized spacial score (nSPS) is 27.0. The van der Waals surface area contributed by atoms with Gasteiger partial charge in [0.25, 0.3) is 0 Å². The number of aromatic nitrogens is 1. The van der Waals surface area contributed by atoms with Gasteiger partial charge in [0.15, 0.2) is 0 Å². The molecule has 3 aliphatic heterocycles. The lowest BCUT2D eigenvalue weighted by Gasteiger charge is -2.28. The molecular formula is C17H22N4O2. The van der Waals surface area contributed by atoms with E-state index >= 15 is 0 Å². The monoisotopic (exact) mass is 314 g/mol. The molecule has 0 aromatic carbocycles. The average Bonchev–Trinajstić information content (AvgIpc) is 3.27. The second kappa shape index (κ2) is 5.83. The Morgan fingerprint density at radius 2 is 1.87 bits per heavy atom. The van der Waals surface area contributed by atoms with Crippen LogP contribution < -0.4 is 0 Å². The number of nitrogens with zero attached hydrogens (tertiary/aromatic N) is 4. The van der Waals surface area contributed by atoms with Crippen LogP contribution in [0.5, 0.6) is 0 Å².